The molecule has 1 aliphatic heterocycles. The number of carboxylic acid groups (broad SMARTS) is 1. The lowest BCUT2D eigenvalue weighted by molar-refractivity contribution is 0.0695. The molecule has 2 N–H and O–H groups in total. The highest BCUT2D eigenvalue weighted by Crippen LogP contribution is 2.30. The fourth-order valence-electron chi connectivity index (χ4n) is 2.38. The second-order valence-corrected chi connectivity index (χ2v) is 6.43. The summed E-state index contributed by atoms with van der Waals surface area (Å²) in [7, 11) is -3.51. The molecule has 7 heteroatoms. The highest BCUT2D eigenvalue weighted by atomic mass is 32.2. The molecule has 2 aromatic rings. The minimum Gasteiger partial charge on any atom is -0.477 e. The van der Waals surface area contributed by atoms with Gasteiger partial charge >= 0.3 is 5.97 Å². The van der Waals surface area contributed by atoms with Crippen LogP contribution >= 0.6 is 0 Å². The number of benzene rings is 1. The van der Waals surface area contributed by atoms with E-state index in [4.69, 9.17) is 5.11 Å². The third-order valence-electron chi connectivity index (χ3n) is 3.26. The predicted molar refractivity (Wildman–Crippen MR) is 67.3 cm³/mol. The summed E-state index contributed by atoms with van der Waals surface area (Å²) in [6.07, 6.45) is 1.44. The Kier molecular flexibility index (Phi) is 2.30. The number of aromatic amines is 1. The van der Waals surface area contributed by atoms with Gasteiger partial charge in [0.1, 0.15) is 5.56 Å². The maximum Gasteiger partial charge on any atom is 0.341 e. The van der Waals surface area contributed by atoms with Crippen LogP contribution in [0.3, 0.4) is 0 Å². The van der Waals surface area contributed by atoms with Crippen LogP contribution in [0.4, 0.5) is 0 Å². The lowest BCUT2D eigenvalue weighted by Crippen LogP contribution is -2.17. The van der Waals surface area contributed by atoms with Crippen molar-refractivity contribution in [3.05, 3.63) is 39.7 Å². The van der Waals surface area contributed by atoms with Crippen molar-refractivity contribution < 1.29 is 18.3 Å². The molecule has 98 valence electrons. The first-order valence-corrected chi connectivity index (χ1v) is 7.20. The van der Waals surface area contributed by atoms with E-state index < -0.39 is 26.8 Å². The van der Waals surface area contributed by atoms with Crippen LogP contribution in [-0.2, 0) is 16.3 Å². The smallest absolute Gasteiger partial charge is 0.341 e. The Morgan fingerprint density at radius 1 is 1.32 bits per heavy atom. The van der Waals surface area contributed by atoms with Crippen molar-refractivity contribution >= 4 is 26.7 Å². The molecule has 2 heterocycles. The number of hydrogen-bond acceptors (Lipinski definition) is 4. The number of rotatable bonds is 1. The number of pyridine rings is 1. The molecule has 3 rings (SSSR count). The lowest BCUT2D eigenvalue weighted by atomic mass is 10.1. The number of aryl methyl sites for hydroxylation is 1. The summed E-state index contributed by atoms with van der Waals surface area (Å²) >= 11 is 0. The van der Waals surface area contributed by atoms with Crippen molar-refractivity contribution in [3.63, 3.8) is 0 Å². The molecule has 1 aromatic carbocycles. The Morgan fingerprint density at radius 2 is 2.05 bits per heavy atom. The summed E-state index contributed by atoms with van der Waals surface area (Å²) in [5, 5.41) is 8.89. The molecule has 0 radical (unpaired) electrons. The minimum atomic E-state index is -3.51. The molecular formula is C12H9NO5S. The largest absolute Gasteiger partial charge is 0.477 e. The van der Waals surface area contributed by atoms with E-state index in [2.05, 4.69) is 4.98 Å². The van der Waals surface area contributed by atoms with Crippen LogP contribution in [-0.4, -0.2) is 30.2 Å². The van der Waals surface area contributed by atoms with Crippen LogP contribution in [0.25, 0.3) is 10.9 Å². The Morgan fingerprint density at radius 3 is 2.74 bits per heavy atom. The Hall–Kier alpha value is -2.15. The fraction of sp³-hybridized carbons (Fsp3) is 0.167. The van der Waals surface area contributed by atoms with E-state index in [-0.39, 0.29) is 16.0 Å². The molecule has 0 amide bonds. The van der Waals surface area contributed by atoms with Crippen LogP contribution in [0.15, 0.2) is 28.0 Å². The summed E-state index contributed by atoms with van der Waals surface area (Å²) in [5.41, 5.74) is -0.314. The van der Waals surface area contributed by atoms with Crippen LogP contribution in [0.2, 0.25) is 0 Å². The molecule has 0 aliphatic carbocycles. The van der Waals surface area contributed by atoms with Crippen molar-refractivity contribution in [2.75, 3.05) is 5.75 Å². The first kappa shape index (κ1) is 11.9. The van der Waals surface area contributed by atoms with E-state index in [1.807, 2.05) is 0 Å². The van der Waals surface area contributed by atoms with Crippen molar-refractivity contribution in [1.82, 2.24) is 4.98 Å². The molecule has 1 aliphatic rings. The first-order valence-electron chi connectivity index (χ1n) is 5.55. The number of nitrogens with one attached hydrogen (secondary N) is 1. The van der Waals surface area contributed by atoms with Crippen molar-refractivity contribution in [2.45, 2.75) is 11.3 Å². The van der Waals surface area contributed by atoms with Gasteiger partial charge in [0.25, 0.3) is 0 Å². The van der Waals surface area contributed by atoms with Gasteiger partial charge in [0.15, 0.2) is 9.84 Å². The molecule has 0 saturated carbocycles. The summed E-state index contributed by atoms with van der Waals surface area (Å²) < 4.78 is 24.0. The Balaban J connectivity index is 2.57. The molecule has 1 aromatic heterocycles. The summed E-state index contributed by atoms with van der Waals surface area (Å²) in [4.78, 5) is 25.8. The van der Waals surface area contributed by atoms with Gasteiger partial charge in [-0.05, 0) is 18.1 Å². The molecule has 0 unspecified atom stereocenters. The summed E-state index contributed by atoms with van der Waals surface area (Å²) in [6.45, 7) is 0. The number of aromatic nitrogens is 1. The van der Waals surface area contributed by atoms with Gasteiger partial charge in [-0.25, -0.2) is 13.2 Å². The molecular weight excluding hydrogens is 270 g/mol. The quantitative estimate of drug-likeness (QED) is 0.793. The van der Waals surface area contributed by atoms with Gasteiger partial charge in [0, 0.05) is 6.20 Å². The maximum atomic E-state index is 12.2. The van der Waals surface area contributed by atoms with Gasteiger partial charge < -0.3 is 10.1 Å². The van der Waals surface area contributed by atoms with Gasteiger partial charge in [-0.15, -0.1) is 0 Å². The molecule has 0 bridgehead atoms. The number of H-pyrrole nitrogens is 1. The average molecular weight is 279 g/mol. The Bertz CT molecular complexity index is 879. The van der Waals surface area contributed by atoms with E-state index in [1.54, 1.807) is 12.1 Å². The number of fused-ring (bicyclic) bond motifs is 3. The normalized spacial score (nSPS) is 16.4. The van der Waals surface area contributed by atoms with E-state index in [1.165, 1.54) is 0 Å². The van der Waals surface area contributed by atoms with Gasteiger partial charge in [-0.1, -0.05) is 6.07 Å². The number of aromatic carboxylic acids is 1. The van der Waals surface area contributed by atoms with Gasteiger partial charge in [-0.3, -0.25) is 4.79 Å². The molecule has 6 nitrogen and oxygen atoms in total. The van der Waals surface area contributed by atoms with Crippen LogP contribution in [0, 0.1) is 0 Å². The third kappa shape index (κ3) is 1.58. The maximum absolute atomic E-state index is 12.2. The predicted octanol–water partition coefficient (Wildman–Crippen LogP) is 0.556. The number of carboxylic acids is 1. The van der Waals surface area contributed by atoms with Crippen LogP contribution in [0.1, 0.15) is 15.9 Å². The summed E-state index contributed by atoms with van der Waals surface area (Å²) in [5.74, 6) is -1.42. The van der Waals surface area contributed by atoms with Gasteiger partial charge in [0.2, 0.25) is 5.43 Å². The van der Waals surface area contributed by atoms with Crippen molar-refractivity contribution in [3.8, 4) is 0 Å². The second kappa shape index (κ2) is 3.67. The SMILES string of the molecule is O=C(O)c1c[nH]c2ccc3c(c2c1=O)S(=O)(=O)CC3. The fourth-order valence-corrected chi connectivity index (χ4v) is 4.16. The standard InChI is InChI=1S/C12H9NO5S/c14-10-7(12(15)16)5-13-8-2-1-6-3-4-19(17,18)11(6)9(8)10/h1-2,5H,3-4H2,(H,13,14)(H,15,16). The monoisotopic (exact) mass is 279 g/mol. The first-order chi connectivity index (χ1) is 8.92. The third-order valence-corrected chi connectivity index (χ3v) is 5.09. The molecule has 0 spiro atoms. The molecule has 19 heavy (non-hydrogen) atoms. The zero-order valence-electron chi connectivity index (χ0n) is 9.63. The van der Waals surface area contributed by atoms with E-state index in [9.17, 15) is 18.0 Å². The topological polar surface area (TPSA) is 104 Å². The van der Waals surface area contributed by atoms with Crippen LogP contribution < -0.4 is 5.43 Å². The highest BCUT2D eigenvalue weighted by Gasteiger charge is 2.30. The number of sulfone groups is 1. The average Bonchev–Trinajstić information content (AvgIpc) is 2.65. The number of hydrogen-bond donors (Lipinski definition) is 2. The van der Waals surface area contributed by atoms with Gasteiger partial charge in [0.05, 0.1) is 21.6 Å². The molecule has 0 atom stereocenters. The zero-order chi connectivity index (χ0) is 13.8. The molecule has 0 saturated heterocycles. The van der Waals surface area contributed by atoms with Gasteiger partial charge in [-0.2, -0.15) is 0 Å². The highest BCUT2D eigenvalue weighted by molar-refractivity contribution is 7.92. The second-order valence-electron chi connectivity index (χ2n) is 4.38. The molecule has 0 fully saturated rings. The van der Waals surface area contributed by atoms with E-state index in [0.717, 1.165) is 6.20 Å². The van der Waals surface area contributed by atoms with Crippen LogP contribution in [0.5, 0.6) is 0 Å². The van der Waals surface area contributed by atoms with Crippen molar-refractivity contribution in [1.29, 1.82) is 0 Å². The Labute approximate surface area is 107 Å². The summed E-state index contributed by atoms with van der Waals surface area (Å²) in [6, 6.07) is 3.25. The van der Waals surface area contributed by atoms with E-state index in [0.29, 0.717) is 17.5 Å². The zero-order valence-corrected chi connectivity index (χ0v) is 10.5. The van der Waals surface area contributed by atoms with Crippen molar-refractivity contribution in [2.24, 2.45) is 0 Å². The number of carbonyl (C=O) groups is 1. The van der Waals surface area contributed by atoms with E-state index >= 15 is 0 Å². The minimum absolute atomic E-state index is 0.0191. The lowest BCUT2D eigenvalue weighted by Gasteiger charge is -2.05.